The Hall–Kier alpha value is -2.78. The van der Waals surface area contributed by atoms with E-state index in [9.17, 15) is 17.6 Å². The topological polar surface area (TPSA) is 88.2 Å². The summed E-state index contributed by atoms with van der Waals surface area (Å²) in [6, 6.07) is 10.4. The molecule has 9 heteroatoms. The van der Waals surface area contributed by atoms with Crippen LogP contribution in [0, 0.1) is 26.6 Å². The van der Waals surface area contributed by atoms with Gasteiger partial charge in [0, 0.05) is 5.69 Å². The van der Waals surface area contributed by atoms with Gasteiger partial charge < -0.3 is 5.32 Å². The highest BCUT2D eigenvalue weighted by Gasteiger charge is 2.21. The van der Waals surface area contributed by atoms with Gasteiger partial charge >= 0.3 is 0 Å². The van der Waals surface area contributed by atoms with Gasteiger partial charge in [-0.2, -0.15) is 0 Å². The van der Waals surface area contributed by atoms with Crippen molar-refractivity contribution in [1.29, 1.82) is 0 Å². The molecule has 0 aliphatic rings. The standard InChI is InChI=1S/C19H18FN3O3S2/c1-11-4-9-16(12(2)10-11)28(25,26)23-19-21-13(3)17(27-19)18(24)22-15-7-5-14(20)6-8-15/h4-10H,1-3H3,(H,21,23)(H,22,24). The summed E-state index contributed by atoms with van der Waals surface area (Å²) in [5.74, 6) is -0.853. The van der Waals surface area contributed by atoms with Crippen LogP contribution >= 0.6 is 11.3 Å². The maximum Gasteiger partial charge on any atom is 0.267 e. The maximum atomic E-state index is 13.0. The fraction of sp³-hybridized carbons (Fsp3) is 0.158. The summed E-state index contributed by atoms with van der Waals surface area (Å²) < 4.78 is 40.7. The molecule has 0 spiro atoms. The van der Waals surface area contributed by atoms with E-state index in [1.54, 1.807) is 26.0 Å². The van der Waals surface area contributed by atoms with E-state index in [1.807, 2.05) is 6.92 Å². The third-order valence-electron chi connectivity index (χ3n) is 3.95. The predicted octanol–water partition coefficient (Wildman–Crippen LogP) is 4.26. The van der Waals surface area contributed by atoms with E-state index in [0.717, 1.165) is 16.9 Å². The number of benzene rings is 2. The van der Waals surface area contributed by atoms with E-state index in [1.165, 1.54) is 30.3 Å². The van der Waals surface area contributed by atoms with Crippen LogP contribution in [0.3, 0.4) is 0 Å². The average Bonchev–Trinajstić information content (AvgIpc) is 2.96. The Kier molecular flexibility index (Phi) is 5.48. The van der Waals surface area contributed by atoms with E-state index in [-0.39, 0.29) is 14.9 Å². The van der Waals surface area contributed by atoms with Crippen LogP contribution in [0.1, 0.15) is 26.5 Å². The summed E-state index contributed by atoms with van der Waals surface area (Å²) in [6.45, 7) is 5.22. The van der Waals surface area contributed by atoms with Crippen LogP contribution in [0.5, 0.6) is 0 Å². The van der Waals surface area contributed by atoms with Crippen molar-refractivity contribution in [3.63, 3.8) is 0 Å². The fourth-order valence-corrected chi connectivity index (χ4v) is 4.97. The number of halogens is 1. The van der Waals surface area contributed by atoms with Gasteiger partial charge in [0.25, 0.3) is 15.9 Å². The number of carbonyl (C=O) groups excluding carboxylic acids is 1. The van der Waals surface area contributed by atoms with Gasteiger partial charge in [0.05, 0.1) is 10.6 Å². The number of rotatable bonds is 5. The van der Waals surface area contributed by atoms with E-state index in [4.69, 9.17) is 0 Å². The highest BCUT2D eigenvalue weighted by molar-refractivity contribution is 7.93. The molecule has 146 valence electrons. The minimum absolute atomic E-state index is 0.0988. The summed E-state index contributed by atoms with van der Waals surface area (Å²) in [5.41, 5.74) is 2.40. The molecule has 3 aromatic rings. The van der Waals surface area contributed by atoms with Gasteiger partial charge in [-0.25, -0.2) is 17.8 Å². The lowest BCUT2D eigenvalue weighted by Gasteiger charge is -2.08. The van der Waals surface area contributed by atoms with E-state index < -0.39 is 21.7 Å². The molecule has 2 N–H and O–H groups in total. The molecule has 0 atom stereocenters. The van der Waals surface area contributed by atoms with Crippen molar-refractivity contribution < 1.29 is 17.6 Å². The molecular formula is C19H18FN3O3S2. The number of anilines is 2. The zero-order chi connectivity index (χ0) is 20.5. The lowest BCUT2D eigenvalue weighted by Crippen LogP contribution is -2.14. The Bertz CT molecular complexity index is 1140. The molecule has 1 heterocycles. The molecule has 1 aromatic heterocycles. The van der Waals surface area contributed by atoms with Gasteiger partial charge in [-0.05, 0) is 56.7 Å². The Morgan fingerprint density at radius 2 is 1.75 bits per heavy atom. The van der Waals surface area contributed by atoms with Gasteiger partial charge in [0.1, 0.15) is 10.7 Å². The monoisotopic (exact) mass is 419 g/mol. The Morgan fingerprint density at radius 1 is 1.07 bits per heavy atom. The number of carbonyl (C=O) groups is 1. The third-order valence-corrected chi connectivity index (χ3v) is 6.65. The number of nitrogens with one attached hydrogen (secondary N) is 2. The molecule has 0 bridgehead atoms. The van der Waals surface area contributed by atoms with Crippen molar-refractivity contribution in [2.24, 2.45) is 0 Å². The van der Waals surface area contributed by atoms with E-state index in [2.05, 4.69) is 15.0 Å². The molecule has 0 radical (unpaired) electrons. The van der Waals surface area contributed by atoms with Crippen LogP contribution in [0.2, 0.25) is 0 Å². The summed E-state index contributed by atoms with van der Waals surface area (Å²) in [4.78, 5) is 17.0. The fourth-order valence-electron chi connectivity index (χ4n) is 2.64. The number of hydrogen-bond acceptors (Lipinski definition) is 5. The second-order valence-corrected chi connectivity index (χ2v) is 8.92. The number of aromatic nitrogens is 1. The van der Waals surface area contributed by atoms with Crippen LogP contribution in [-0.2, 0) is 10.0 Å². The number of sulfonamides is 1. The van der Waals surface area contributed by atoms with Crippen molar-refractivity contribution in [2.45, 2.75) is 25.7 Å². The average molecular weight is 420 g/mol. The molecular weight excluding hydrogens is 401 g/mol. The maximum absolute atomic E-state index is 13.0. The van der Waals surface area contributed by atoms with Gasteiger partial charge in [-0.15, -0.1) is 0 Å². The lowest BCUT2D eigenvalue weighted by atomic mass is 10.2. The number of thiazole rings is 1. The Labute approximate surface area is 166 Å². The normalized spacial score (nSPS) is 11.3. The highest BCUT2D eigenvalue weighted by Crippen LogP contribution is 2.27. The number of aryl methyl sites for hydroxylation is 3. The van der Waals surface area contributed by atoms with Crippen molar-refractivity contribution in [2.75, 3.05) is 10.0 Å². The van der Waals surface area contributed by atoms with E-state index in [0.29, 0.717) is 16.9 Å². The first kappa shape index (κ1) is 20.0. The Balaban J connectivity index is 1.81. The molecule has 0 unspecified atom stereocenters. The molecule has 28 heavy (non-hydrogen) atoms. The summed E-state index contributed by atoms with van der Waals surface area (Å²) in [6.07, 6.45) is 0. The van der Waals surface area contributed by atoms with Crippen LogP contribution < -0.4 is 10.0 Å². The first-order chi connectivity index (χ1) is 13.2. The molecule has 3 rings (SSSR count). The summed E-state index contributed by atoms with van der Waals surface area (Å²) in [5, 5.41) is 2.74. The summed E-state index contributed by atoms with van der Waals surface area (Å²) in [7, 11) is -3.83. The second-order valence-electron chi connectivity index (χ2n) is 6.27. The highest BCUT2D eigenvalue weighted by atomic mass is 32.2. The van der Waals surface area contributed by atoms with Gasteiger partial charge in [-0.3, -0.25) is 9.52 Å². The zero-order valence-corrected chi connectivity index (χ0v) is 17.0. The number of nitrogens with zero attached hydrogens (tertiary/aromatic N) is 1. The molecule has 0 fully saturated rings. The molecule has 0 saturated carbocycles. The third kappa shape index (κ3) is 4.37. The molecule has 0 aliphatic carbocycles. The smallest absolute Gasteiger partial charge is 0.267 e. The van der Waals surface area contributed by atoms with Crippen molar-refractivity contribution >= 4 is 38.1 Å². The van der Waals surface area contributed by atoms with Crippen LogP contribution in [0.25, 0.3) is 0 Å². The van der Waals surface area contributed by atoms with Gasteiger partial charge in [-0.1, -0.05) is 29.0 Å². The molecule has 2 aromatic carbocycles. The molecule has 0 saturated heterocycles. The van der Waals surface area contributed by atoms with Gasteiger partial charge in [0.2, 0.25) is 0 Å². The SMILES string of the molecule is Cc1ccc(S(=O)(=O)Nc2nc(C)c(C(=O)Nc3ccc(F)cc3)s2)c(C)c1. The van der Waals surface area contributed by atoms with Crippen molar-refractivity contribution in [1.82, 2.24) is 4.98 Å². The van der Waals surface area contributed by atoms with Crippen LogP contribution in [0.4, 0.5) is 15.2 Å². The molecule has 6 nitrogen and oxygen atoms in total. The molecule has 1 amide bonds. The molecule has 0 aliphatic heterocycles. The Morgan fingerprint density at radius 3 is 2.39 bits per heavy atom. The first-order valence-electron chi connectivity index (χ1n) is 8.30. The minimum atomic E-state index is -3.83. The minimum Gasteiger partial charge on any atom is -0.321 e. The van der Waals surface area contributed by atoms with Crippen LogP contribution in [0.15, 0.2) is 47.4 Å². The van der Waals surface area contributed by atoms with Crippen molar-refractivity contribution in [3.8, 4) is 0 Å². The van der Waals surface area contributed by atoms with E-state index >= 15 is 0 Å². The predicted molar refractivity (Wildman–Crippen MR) is 108 cm³/mol. The van der Waals surface area contributed by atoms with Gasteiger partial charge in [0.15, 0.2) is 5.13 Å². The van der Waals surface area contributed by atoms with Crippen molar-refractivity contribution in [3.05, 3.63) is 70.0 Å². The zero-order valence-electron chi connectivity index (χ0n) is 15.4. The van der Waals surface area contributed by atoms with Crippen LogP contribution in [-0.4, -0.2) is 19.3 Å². The quantitative estimate of drug-likeness (QED) is 0.647. The summed E-state index contributed by atoms with van der Waals surface area (Å²) >= 11 is 0.933. The second kappa shape index (κ2) is 7.69. The lowest BCUT2D eigenvalue weighted by molar-refractivity contribution is 0.103. The first-order valence-corrected chi connectivity index (χ1v) is 10.6. The number of amides is 1. The number of hydrogen-bond donors (Lipinski definition) is 2. The largest absolute Gasteiger partial charge is 0.321 e.